The first-order chi connectivity index (χ1) is 23.6. The Bertz CT molecular complexity index is 1730. The van der Waals surface area contributed by atoms with Crippen LogP contribution in [0.2, 0.25) is 0 Å². The lowest BCUT2D eigenvalue weighted by atomic mass is 9.33. The lowest BCUT2D eigenvalue weighted by molar-refractivity contribution is -0.227. The minimum Gasteiger partial charge on any atom is -0.481 e. The molecular formula is C39H52F2O10. The van der Waals surface area contributed by atoms with Crippen molar-refractivity contribution >= 4 is 23.7 Å². The van der Waals surface area contributed by atoms with Crippen molar-refractivity contribution in [2.75, 3.05) is 0 Å². The van der Waals surface area contributed by atoms with Gasteiger partial charge < -0.3 is 23.4 Å². The predicted molar refractivity (Wildman–Crippen MR) is 178 cm³/mol. The number of ether oxygens (including phenoxy) is 2. The van der Waals surface area contributed by atoms with E-state index in [4.69, 9.17) is 18.3 Å². The monoisotopic (exact) mass is 718 g/mol. The van der Waals surface area contributed by atoms with Gasteiger partial charge in [0.1, 0.15) is 11.5 Å². The Hall–Kier alpha value is -3.31. The second-order valence-electron chi connectivity index (χ2n) is 18.1. The molecule has 51 heavy (non-hydrogen) atoms. The Morgan fingerprint density at radius 1 is 0.941 bits per heavy atom. The van der Waals surface area contributed by atoms with Crippen molar-refractivity contribution < 1.29 is 51.4 Å². The highest BCUT2D eigenvalue weighted by atomic mass is 19.3. The summed E-state index contributed by atoms with van der Waals surface area (Å²) in [7, 11) is 0. The highest BCUT2D eigenvalue weighted by molar-refractivity contribution is 5.96. The van der Waals surface area contributed by atoms with Crippen LogP contribution >= 0.6 is 0 Å². The number of alkyl halides is 2. The van der Waals surface area contributed by atoms with Crippen molar-refractivity contribution in [3.63, 3.8) is 0 Å². The van der Waals surface area contributed by atoms with Crippen LogP contribution in [0.1, 0.15) is 131 Å². The van der Waals surface area contributed by atoms with E-state index in [-0.39, 0.29) is 41.0 Å². The number of esters is 2. The average Bonchev–Trinajstić information content (AvgIpc) is 3.43. The number of carbonyl (C=O) groups excluding carboxylic acids is 3. The Morgan fingerprint density at radius 3 is 2.24 bits per heavy atom. The van der Waals surface area contributed by atoms with Gasteiger partial charge in [0, 0.05) is 11.8 Å². The molecule has 1 aromatic heterocycles. The van der Waals surface area contributed by atoms with Crippen molar-refractivity contribution in [1.29, 1.82) is 0 Å². The molecule has 4 fully saturated rings. The van der Waals surface area contributed by atoms with Gasteiger partial charge in [0.05, 0.1) is 5.41 Å². The summed E-state index contributed by atoms with van der Waals surface area (Å²) >= 11 is 0. The number of halogens is 2. The number of hydrogen-bond acceptors (Lipinski definition) is 9. The maximum absolute atomic E-state index is 14.8. The third-order valence-electron chi connectivity index (χ3n) is 15.1. The molecule has 0 saturated heterocycles. The number of carboxylic acids is 1. The minimum atomic E-state index is -3.40. The number of aliphatic carboxylic acids is 1. The molecule has 0 bridgehead atoms. The topological polar surface area (TPSA) is 150 Å². The minimum absolute atomic E-state index is 0.0296. The van der Waals surface area contributed by atoms with Gasteiger partial charge in [-0.25, -0.2) is 9.59 Å². The van der Waals surface area contributed by atoms with Crippen LogP contribution in [0.3, 0.4) is 0 Å². The van der Waals surface area contributed by atoms with Crippen LogP contribution in [-0.4, -0.2) is 41.3 Å². The molecule has 1 N–H and O–H groups in total. The predicted octanol–water partition coefficient (Wildman–Crippen LogP) is 7.62. The van der Waals surface area contributed by atoms with Crippen molar-refractivity contribution in [2.24, 2.45) is 50.2 Å². The molecule has 5 aliphatic rings. The number of fused-ring (bicyclic) bond motifs is 7. The summed E-state index contributed by atoms with van der Waals surface area (Å²) in [4.78, 5) is 65.8. The Kier molecular flexibility index (Phi) is 8.90. The molecule has 0 unspecified atom stereocenters. The second kappa shape index (κ2) is 12.1. The van der Waals surface area contributed by atoms with Crippen LogP contribution < -0.4 is 5.82 Å². The smallest absolute Gasteiger partial charge is 0.481 e. The molecule has 0 spiro atoms. The van der Waals surface area contributed by atoms with E-state index in [0.717, 1.165) is 24.8 Å². The van der Waals surface area contributed by atoms with Gasteiger partial charge in [0.25, 0.3) is 0 Å². The summed E-state index contributed by atoms with van der Waals surface area (Å²) in [6, 6.07) is 0. The number of ketones is 1. The molecule has 10 atom stereocenters. The van der Waals surface area contributed by atoms with E-state index in [2.05, 4.69) is 20.8 Å². The first-order valence-corrected chi connectivity index (χ1v) is 18.4. The van der Waals surface area contributed by atoms with Gasteiger partial charge in [-0.15, -0.1) is 0 Å². The van der Waals surface area contributed by atoms with E-state index in [1.807, 2.05) is 13.8 Å². The van der Waals surface area contributed by atoms with E-state index in [0.29, 0.717) is 32.1 Å². The molecule has 4 saturated carbocycles. The highest BCUT2D eigenvalue weighted by Gasteiger charge is 2.72. The Balaban J connectivity index is 1.40. The highest BCUT2D eigenvalue weighted by Crippen LogP contribution is 2.75. The molecule has 282 valence electrons. The van der Waals surface area contributed by atoms with Gasteiger partial charge in [-0.1, -0.05) is 47.1 Å². The lowest BCUT2D eigenvalue weighted by Gasteiger charge is -2.70. The van der Waals surface area contributed by atoms with Crippen LogP contribution in [0.25, 0.3) is 0 Å². The molecular weight excluding hydrogens is 666 g/mol. The fourth-order valence-electron chi connectivity index (χ4n) is 11.8. The number of carboxylic acid groups (broad SMARTS) is 1. The maximum Gasteiger partial charge on any atom is 0.519 e. The zero-order valence-electron chi connectivity index (χ0n) is 31.0. The summed E-state index contributed by atoms with van der Waals surface area (Å²) < 4.78 is 48.6. The summed E-state index contributed by atoms with van der Waals surface area (Å²) in [5.74, 6) is -5.58. The van der Waals surface area contributed by atoms with Crippen LogP contribution in [-0.2, 0) is 35.3 Å². The number of hydrogen-bond donors (Lipinski definition) is 1. The quantitative estimate of drug-likeness (QED) is 0.279. The van der Waals surface area contributed by atoms with Gasteiger partial charge in [-0.05, 0) is 111 Å². The van der Waals surface area contributed by atoms with Gasteiger partial charge in [-0.2, -0.15) is 8.78 Å². The largest absolute Gasteiger partial charge is 0.519 e. The molecule has 0 amide bonds. The number of allylic oxidation sites excluding steroid dienone is 2. The van der Waals surface area contributed by atoms with Gasteiger partial charge >= 0.3 is 30.2 Å². The van der Waals surface area contributed by atoms with Crippen molar-refractivity contribution in [2.45, 2.75) is 138 Å². The average molecular weight is 719 g/mol. The van der Waals surface area contributed by atoms with Crippen molar-refractivity contribution in [3.8, 4) is 0 Å². The van der Waals surface area contributed by atoms with E-state index in [1.54, 1.807) is 26.8 Å². The van der Waals surface area contributed by atoms with Gasteiger partial charge in [-0.3, -0.25) is 14.4 Å². The standard InChI is InChI=1S/C39H52F2O10/c1-20(2)27-24(49-33(47)51-27)19-48-32(46)39(8)25-9-12-38(7)28(36(25,5)11-10-26(39)50-30(43)29(40)41)23(42)17-21-22-18-35(4,31(44)45)14-13-34(22,3)15-16-37(21,38)6/h17,20,22,25-26,28-29H,9-16,18-19H2,1-8H3,(H,44,45)/t22-,25+,26-,28+,34+,35-,36-,37+,38+,39-/m0/s1. The van der Waals surface area contributed by atoms with E-state index >= 15 is 0 Å². The second-order valence-corrected chi connectivity index (χ2v) is 18.1. The maximum atomic E-state index is 14.8. The third kappa shape index (κ3) is 5.38. The van der Waals surface area contributed by atoms with Crippen molar-refractivity contribution in [3.05, 3.63) is 33.8 Å². The summed E-state index contributed by atoms with van der Waals surface area (Å²) in [5.41, 5.74) is -3.39. The third-order valence-corrected chi connectivity index (χ3v) is 15.1. The van der Waals surface area contributed by atoms with E-state index < -0.39 is 81.8 Å². The molecule has 10 nitrogen and oxygen atoms in total. The van der Waals surface area contributed by atoms with Crippen LogP contribution in [0.15, 0.2) is 25.3 Å². The molecule has 0 aliphatic heterocycles. The summed E-state index contributed by atoms with van der Waals surface area (Å²) in [5, 5.41) is 10.2. The zero-order chi connectivity index (χ0) is 37.7. The number of carbonyl (C=O) groups is 4. The van der Waals surface area contributed by atoms with Crippen molar-refractivity contribution in [1.82, 2.24) is 0 Å². The zero-order valence-corrected chi connectivity index (χ0v) is 31.0. The number of rotatable bonds is 7. The summed E-state index contributed by atoms with van der Waals surface area (Å²) in [6.07, 6.45) is 2.06. The molecule has 0 radical (unpaired) electrons. The molecule has 5 aliphatic carbocycles. The normalized spacial score (nSPS) is 41.9. The van der Waals surface area contributed by atoms with E-state index in [9.17, 15) is 37.9 Å². The molecule has 12 heteroatoms. The van der Waals surface area contributed by atoms with Gasteiger partial charge in [0.15, 0.2) is 23.9 Å². The first kappa shape index (κ1) is 37.4. The van der Waals surface area contributed by atoms with E-state index in [1.165, 1.54) is 0 Å². The summed E-state index contributed by atoms with van der Waals surface area (Å²) in [6.45, 7) is 15.1. The van der Waals surface area contributed by atoms with Crippen LogP contribution in [0, 0.1) is 50.2 Å². The van der Waals surface area contributed by atoms with Crippen LogP contribution in [0.4, 0.5) is 8.78 Å². The lowest BCUT2D eigenvalue weighted by Crippen LogP contribution is -2.68. The first-order valence-electron chi connectivity index (χ1n) is 18.4. The molecule has 0 aromatic carbocycles. The molecule has 6 rings (SSSR count). The fraction of sp³-hybridized carbons (Fsp3) is 0.769. The fourth-order valence-corrected chi connectivity index (χ4v) is 11.8. The Morgan fingerprint density at radius 2 is 1.61 bits per heavy atom. The molecule has 1 heterocycles. The SMILES string of the molecule is CC(C)c1oc(=O)oc1COC(=O)[C@]1(C)[C@@H](OC(=O)C(F)F)CC[C@@]2(C)[C@H]1CC[C@]1(C)[C@@H]2C(=O)C=C2[C@@H]3C[C@@](C)(C(=O)O)CC[C@]3(C)CC[C@]21C. The van der Waals surface area contributed by atoms with Gasteiger partial charge in [0.2, 0.25) is 0 Å². The Labute approximate surface area is 297 Å². The molecule has 1 aromatic rings. The van der Waals surface area contributed by atoms with Crippen LogP contribution in [0.5, 0.6) is 0 Å².